The molecule has 2 N–H and O–H groups in total. The molecule has 0 fully saturated rings. The van der Waals surface area contributed by atoms with Gasteiger partial charge in [-0.1, -0.05) is 6.07 Å². The van der Waals surface area contributed by atoms with Crippen LogP contribution in [0.3, 0.4) is 0 Å². The largest absolute Gasteiger partial charge is 0.507 e. The third kappa shape index (κ3) is 2.53. The van der Waals surface area contributed by atoms with Gasteiger partial charge in [-0.3, -0.25) is 4.98 Å². The molecule has 20 heavy (non-hydrogen) atoms. The van der Waals surface area contributed by atoms with Crippen molar-refractivity contribution >= 4 is 0 Å². The van der Waals surface area contributed by atoms with Crippen LogP contribution in [0.4, 0.5) is 0 Å². The van der Waals surface area contributed by atoms with Crippen molar-refractivity contribution < 1.29 is 14.6 Å². The molecule has 0 bridgehead atoms. The Labute approximate surface area is 117 Å². The lowest BCUT2D eigenvalue weighted by Gasteiger charge is -2.14. The summed E-state index contributed by atoms with van der Waals surface area (Å²) in [6.45, 7) is 2.77. The zero-order valence-corrected chi connectivity index (χ0v) is 11.2. The molecule has 2 aromatic rings. The van der Waals surface area contributed by atoms with Gasteiger partial charge in [-0.2, -0.15) is 0 Å². The first-order chi connectivity index (χ1) is 9.74. The molecule has 0 amide bonds. The third-order valence-electron chi connectivity index (χ3n) is 3.30. The number of ether oxygens (including phenoxy) is 2. The van der Waals surface area contributed by atoms with Crippen molar-refractivity contribution in [3.63, 3.8) is 0 Å². The van der Waals surface area contributed by atoms with Gasteiger partial charge in [0.2, 0.25) is 6.79 Å². The van der Waals surface area contributed by atoms with E-state index in [4.69, 9.17) is 9.47 Å². The number of benzene rings is 1. The minimum atomic E-state index is 0.0982. The summed E-state index contributed by atoms with van der Waals surface area (Å²) in [6.07, 6.45) is 1.77. The zero-order chi connectivity index (χ0) is 13.9. The number of hydrogen-bond acceptors (Lipinski definition) is 5. The zero-order valence-electron chi connectivity index (χ0n) is 11.2. The first-order valence-electron chi connectivity index (χ1n) is 6.50. The molecule has 0 radical (unpaired) electrons. The van der Waals surface area contributed by atoms with Gasteiger partial charge in [0.25, 0.3) is 0 Å². The van der Waals surface area contributed by atoms with Crippen molar-refractivity contribution in [2.75, 3.05) is 6.79 Å². The SMILES string of the molecule is CC(NCc1cc2c(cc1O)OCO2)c1ccccn1. The first-order valence-corrected chi connectivity index (χ1v) is 6.50. The molecular weight excluding hydrogens is 256 g/mol. The van der Waals surface area contributed by atoms with E-state index in [1.165, 1.54) is 0 Å². The van der Waals surface area contributed by atoms with Crippen LogP contribution in [0.25, 0.3) is 0 Å². The van der Waals surface area contributed by atoms with E-state index in [0.29, 0.717) is 18.0 Å². The van der Waals surface area contributed by atoms with Crippen LogP contribution in [0.2, 0.25) is 0 Å². The number of aromatic nitrogens is 1. The van der Waals surface area contributed by atoms with Gasteiger partial charge >= 0.3 is 0 Å². The van der Waals surface area contributed by atoms with E-state index in [1.54, 1.807) is 18.3 Å². The molecule has 1 aromatic heterocycles. The summed E-state index contributed by atoms with van der Waals surface area (Å²) in [5, 5.41) is 13.3. The summed E-state index contributed by atoms with van der Waals surface area (Å²) in [5.74, 6) is 1.46. The Morgan fingerprint density at radius 1 is 1.30 bits per heavy atom. The second-order valence-corrected chi connectivity index (χ2v) is 4.69. The van der Waals surface area contributed by atoms with Crippen molar-refractivity contribution in [2.24, 2.45) is 0 Å². The minimum Gasteiger partial charge on any atom is -0.507 e. The van der Waals surface area contributed by atoms with Gasteiger partial charge in [-0.15, -0.1) is 0 Å². The Morgan fingerprint density at radius 2 is 2.10 bits per heavy atom. The second-order valence-electron chi connectivity index (χ2n) is 4.69. The van der Waals surface area contributed by atoms with Crippen molar-refractivity contribution in [1.29, 1.82) is 0 Å². The molecule has 0 saturated heterocycles. The maximum absolute atomic E-state index is 9.97. The van der Waals surface area contributed by atoms with Crippen LogP contribution in [0.1, 0.15) is 24.2 Å². The van der Waals surface area contributed by atoms with E-state index in [0.717, 1.165) is 11.3 Å². The quantitative estimate of drug-likeness (QED) is 0.894. The lowest BCUT2D eigenvalue weighted by molar-refractivity contribution is 0.174. The van der Waals surface area contributed by atoms with E-state index in [2.05, 4.69) is 10.3 Å². The van der Waals surface area contributed by atoms with Crippen molar-refractivity contribution in [3.8, 4) is 17.2 Å². The number of rotatable bonds is 4. The van der Waals surface area contributed by atoms with Gasteiger partial charge in [-0.25, -0.2) is 0 Å². The summed E-state index contributed by atoms with van der Waals surface area (Å²) >= 11 is 0. The highest BCUT2D eigenvalue weighted by molar-refractivity contribution is 5.51. The summed E-state index contributed by atoms with van der Waals surface area (Å²) < 4.78 is 10.5. The molecule has 2 heterocycles. The van der Waals surface area contributed by atoms with Crippen LogP contribution < -0.4 is 14.8 Å². The first kappa shape index (κ1) is 12.7. The Bertz CT molecular complexity index is 602. The average Bonchev–Trinajstić information content (AvgIpc) is 2.92. The van der Waals surface area contributed by atoms with E-state index < -0.39 is 0 Å². The predicted octanol–water partition coefficient (Wildman–Crippen LogP) is 2.37. The van der Waals surface area contributed by atoms with E-state index >= 15 is 0 Å². The predicted molar refractivity (Wildman–Crippen MR) is 73.7 cm³/mol. The lowest BCUT2D eigenvalue weighted by atomic mass is 10.1. The normalized spacial score (nSPS) is 14.2. The summed E-state index contributed by atoms with van der Waals surface area (Å²) in [6, 6.07) is 9.30. The van der Waals surface area contributed by atoms with E-state index in [-0.39, 0.29) is 18.6 Å². The molecule has 5 heteroatoms. The molecule has 0 aliphatic carbocycles. The number of phenolic OH excluding ortho intramolecular Hbond substituents is 1. The van der Waals surface area contributed by atoms with Crippen LogP contribution in [0.15, 0.2) is 36.5 Å². The Kier molecular flexibility index (Phi) is 3.43. The summed E-state index contributed by atoms with van der Waals surface area (Å²) in [4.78, 5) is 4.30. The fourth-order valence-electron chi connectivity index (χ4n) is 2.11. The molecule has 1 aliphatic rings. The maximum Gasteiger partial charge on any atom is 0.231 e. The molecular formula is C15H16N2O3. The Hall–Kier alpha value is -2.27. The van der Waals surface area contributed by atoms with E-state index in [1.807, 2.05) is 25.1 Å². The Morgan fingerprint density at radius 3 is 2.85 bits per heavy atom. The highest BCUT2D eigenvalue weighted by Gasteiger charge is 2.17. The highest BCUT2D eigenvalue weighted by atomic mass is 16.7. The van der Waals surface area contributed by atoms with Crippen molar-refractivity contribution in [2.45, 2.75) is 19.5 Å². The van der Waals surface area contributed by atoms with Crippen LogP contribution in [0.5, 0.6) is 17.2 Å². The van der Waals surface area contributed by atoms with Gasteiger partial charge in [0.1, 0.15) is 5.75 Å². The minimum absolute atomic E-state index is 0.0982. The summed E-state index contributed by atoms with van der Waals surface area (Å²) in [5.41, 5.74) is 1.74. The molecule has 104 valence electrons. The standard InChI is InChI=1S/C15H16N2O3/c1-10(12-4-2-3-5-16-12)17-8-11-6-14-15(7-13(11)18)20-9-19-14/h2-7,10,17-18H,8-9H2,1H3. The number of hydrogen-bond donors (Lipinski definition) is 2. The average molecular weight is 272 g/mol. The highest BCUT2D eigenvalue weighted by Crippen LogP contribution is 2.37. The van der Waals surface area contributed by atoms with Gasteiger partial charge < -0.3 is 19.9 Å². The molecule has 3 rings (SSSR count). The number of phenols is 1. The molecule has 5 nitrogen and oxygen atoms in total. The monoisotopic (exact) mass is 272 g/mol. The molecule has 0 spiro atoms. The van der Waals surface area contributed by atoms with Crippen LogP contribution in [-0.2, 0) is 6.54 Å². The number of pyridine rings is 1. The fourth-order valence-corrected chi connectivity index (χ4v) is 2.11. The second kappa shape index (κ2) is 5.38. The van der Waals surface area contributed by atoms with Gasteiger partial charge in [0.05, 0.1) is 5.69 Å². The van der Waals surface area contributed by atoms with Gasteiger partial charge in [-0.05, 0) is 25.1 Å². The lowest BCUT2D eigenvalue weighted by Crippen LogP contribution is -2.19. The topological polar surface area (TPSA) is 63.6 Å². The molecule has 1 aromatic carbocycles. The molecule has 1 unspecified atom stereocenters. The van der Waals surface area contributed by atoms with Gasteiger partial charge in [0.15, 0.2) is 11.5 Å². The van der Waals surface area contributed by atoms with E-state index in [9.17, 15) is 5.11 Å². The number of fused-ring (bicyclic) bond motifs is 1. The Balaban J connectivity index is 1.70. The number of nitrogens with zero attached hydrogens (tertiary/aromatic N) is 1. The molecule has 1 aliphatic heterocycles. The molecule has 1 atom stereocenters. The van der Waals surface area contributed by atoms with Crippen molar-refractivity contribution in [3.05, 3.63) is 47.8 Å². The van der Waals surface area contributed by atoms with Crippen LogP contribution in [0, 0.1) is 0 Å². The number of aromatic hydroxyl groups is 1. The maximum atomic E-state index is 9.97. The summed E-state index contributed by atoms with van der Waals surface area (Å²) in [7, 11) is 0. The fraction of sp³-hybridized carbons (Fsp3) is 0.267. The number of nitrogens with one attached hydrogen (secondary N) is 1. The van der Waals surface area contributed by atoms with Crippen molar-refractivity contribution in [1.82, 2.24) is 10.3 Å². The van der Waals surface area contributed by atoms with Gasteiger partial charge in [0, 0.05) is 30.4 Å². The van der Waals surface area contributed by atoms with Crippen LogP contribution >= 0.6 is 0 Å². The van der Waals surface area contributed by atoms with Crippen LogP contribution in [-0.4, -0.2) is 16.9 Å². The molecule has 0 saturated carbocycles. The third-order valence-corrected chi connectivity index (χ3v) is 3.30. The smallest absolute Gasteiger partial charge is 0.231 e.